The lowest BCUT2D eigenvalue weighted by molar-refractivity contribution is -0.218. The van der Waals surface area contributed by atoms with Gasteiger partial charge in [-0.15, -0.1) is 15.6 Å². The van der Waals surface area contributed by atoms with Gasteiger partial charge in [-0.25, -0.2) is 19.6 Å². The molecule has 0 saturated carbocycles. The lowest BCUT2D eigenvalue weighted by Crippen LogP contribution is -2.76. The molecule has 3 aromatic rings. The van der Waals surface area contributed by atoms with E-state index in [1.807, 2.05) is 0 Å². The van der Waals surface area contributed by atoms with Gasteiger partial charge in [-0.2, -0.15) is 26.7 Å². The van der Waals surface area contributed by atoms with Crippen molar-refractivity contribution in [3.8, 4) is 17.0 Å². The Kier molecular flexibility index (Phi) is 13.3. The molecule has 0 aliphatic carbocycles. The molecule has 2 aromatic heterocycles. The highest BCUT2D eigenvalue weighted by atomic mass is 32.3. The van der Waals surface area contributed by atoms with Crippen molar-refractivity contribution in [3.63, 3.8) is 0 Å². The van der Waals surface area contributed by atoms with Gasteiger partial charge in [0.05, 0.1) is 11.2 Å². The standard InChI is InChI=1S/C25H31N9O10S2.C2HF3O2/c1-25(2)19(21(36)34(25)44-46(39,40)41)31-20(35)18(16-12-45-24(28)30-16)32-43-17(22(37)38)11-42-14-6-4-13(5-7-14)15-10-33(9-3-8-26)23(27)29-15;3-2(4,5)1(6)7/h4-7,10,12,17,19H,3,8-9,11,26H2,1-2H3,(H2,27,29)(H2,28,30)(H,31,35)(H,37,38)(H,39,40,41);(H,6,7)/b32-18-;/t17?,19-;/m1./s1. The minimum absolute atomic E-state index is 0.0508. The van der Waals surface area contributed by atoms with Gasteiger partial charge >= 0.3 is 28.5 Å². The molecule has 53 heavy (non-hydrogen) atoms. The number of thiazole rings is 1. The number of nitrogens with two attached hydrogens (primary N) is 3. The van der Waals surface area contributed by atoms with E-state index < -0.39 is 70.3 Å². The monoisotopic (exact) mass is 795 g/mol. The van der Waals surface area contributed by atoms with E-state index in [0.717, 1.165) is 23.3 Å². The van der Waals surface area contributed by atoms with Crippen LogP contribution in [0.1, 0.15) is 26.0 Å². The van der Waals surface area contributed by atoms with Gasteiger partial charge in [0.1, 0.15) is 24.1 Å². The highest BCUT2D eigenvalue weighted by Gasteiger charge is 2.58. The van der Waals surface area contributed by atoms with Crippen LogP contribution in [0.4, 0.5) is 24.3 Å². The number of benzene rings is 1. The summed E-state index contributed by atoms with van der Waals surface area (Å²) in [5, 5.41) is 24.7. The van der Waals surface area contributed by atoms with Crippen molar-refractivity contribution in [1.29, 1.82) is 0 Å². The first kappa shape index (κ1) is 41.8. The van der Waals surface area contributed by atoms with E-state index in [4.69, 9.17) is 41.2 Å². The van der Waals surface area contributed by atoms with Crippen LogP contribution < -0.4 is 27.3 Å². The Labute approximate surface area is 301 Å². The molecule has 0 bridgehead atoms. The Morgan fingerprint density at radius 2 is 1.77 bits per heavy atom. The van der Waals surface area contributed by atoms with Crippen molar-refractivity contribution < 1.29 is 69.4 Å². The average Bonchev–Trinajstić information content (AvgIpc) is 3.66. The minimum atomic E-state index is -5.08. The summed E-state index contributed by atoms with van der Waals surface area (Å²) in [4.78, 5) is 60.0. The first-order valence-electron chi connectivity index (χ1n) is 14.6. The minimum Gasteiger partial charge on any atom is -0.489 e. The zero-order valence-corrected chi connectivity index (χ0v) is 29.0. The Bertz CT molecular complexity index is 1950. The van der Waals surface area contributed by atoms with E-state index in [1.165, 1.54) is 19.2 Å². The first-order valence-corrected chi connectivity index (χ1v) is 16.9. The Morgan fingerprint density at radius 3 is 2.26 bits per heavy atom. The van der Waals surface area contributed by atoms with E-state index in [1.54, 1.807) is 35.0 Å². The SMILES string of the molecule is CC1(C)[C@H](NC(=O)/C(=N\OC(COc2ccc(-c3cn(CCCN)c(N)n3)cc2)C(=O)O)c2csc(N)n2)C(=O)N1OS(=O)(=O)O.O=C(O)C(F)(F)F. The van der Waals surface area contributed by atoms with Gasteiger partial charge in [0, 0.05) is 23.7 Å². The summed E-state index contributed by atoms with van der Waals surface area (Å²) in [5.74, 6) is -5.62. The maximum absolute atomic E-state index is 13.2. The molecule has 1 fully saturated rings. The number of anilines is 2. The maximum Gasteiger partial charge on any atom is 0.490 e. The molecule has 1 saturated heterocycles. The number of nitrogens with zero attached hydrogens (tertiary/aromatic N) is 5. The summed E-state index contributed by atoms with van der Waals surface area (Å²) in [6.07, 6.45) is -4.25. The number of aliphatic carboxylic acids is 2. The molecule has 1 unspecified atom stereocenters. The summed E-state index contributed by atoms with van der Waals surface area (Å²) in [5.41, 5.74) is 16.5. The fraction of sp³-hybridized carbons (Fsp3) is 0.370. The number of hydrogen-bond acceptors (Lipinski definition) is 16. The molecule has 2 atom stereocenters. The van der Waals surface area contributed by atoms with E-state index in [0.29, 0.717) is 35.5 Å². The predicted octanol–water partition coefficient (Wildman–Crippen LogP) is 0.246. The Morgan fingerprint density at radius 1 is 1.15 bits per heavy atom. The zero-order valence-electron chi connectivity index (χ0n) is 27.4. The summed E-state index contributed by atoms with van der Waals surface area (Å²) >= 11 is 0.951. The molecule has 4 rings (SSSR count). The van der Waals surface area contributed by atoms with Crippen LogP contribution >= 0.6 is 11.3 Å². The third-order valence-corrected chi connectivity index (χ3v) is 7.86. The number of hydroxylamine groups is 2. The molecule has 0 spiro atoms. The second-order valence-electron chi connectivity index (χ2n) is 11.1. The quantitative estimate of drug-likeness (QED) is 0.0469. The van der Waals surface area contributed by atoms with Crippen molar-refractivity contribution in [1.82, 2.24) is 24.9 Å². The van der Waals surface area contributed by atoms with Crippen LogP contribution in [0.3, 0.4) is 0 Å². The molecule has 0 radical (unpaired) electrons. The highest BCUT2D eigenvalue weighted by molar-refractivity contribution is 7.80. The van der Waals surface area contributed by atoms with Crippen LogP contribution in [0.25, 0.3) is 11.3 Å². The van der Waals surface area contributed by atoms with Crippen molar-refractivity contribution >= 4 is 62.3 Å². The number of nitrogens with one attached hydrogen (secondary N) is 1. The number of alkyl halides is 3. The van der Waals surface area contributed by atoms with Crippen molar-refractivity contribution in [2.24, 2.45) is 10.9 Å². The summed E-state index contributed by atoms with van der Waals surface area (Å²) < 4.78 is 74.5. The number of aryl methyl sites for hydroxylation is 1. The number of carbonyl (C=O) groups is 4. The number of hydrogen-bond donors (Lipinski definition) is 7. The van der Waals surface area contributed by atoms with E-state index in [2.05, 4.69) is 24.7 Å². The number of carboxylic acid groups (broad SMARTS) is 2. The lowest BCUT2D eigenvalue weighted by Gasteiger charge is -2.50. The number of β-lactam (4-membered cyclic amide) rings is 1. The molecular formula is C27H32F3N9O12S2. The number of carbonyl (C=O) groups excluding carboxylic acids is 2. The molecule has 3 heterocycles. The molecule has 21 nitrogen and oxygen atoms in total. The number of ether oxygens (including phenoxy) is 1. The Hall–Kier alpha value is -5.57. The molecule has 290 valence electrons. The van der Waals surface area contributed by atoms with E-state index >= 15 is 0 Å². The van der Waals surface area contributed by atoms with Gasteiger partial charge in [0.15, 0.2) is 10.8 Å². The van der Waals surface area contributed by atoms with Crippen molar-refractivity contribution in [2.45, 2.75) is 50.7 Å². The number of halogens is 3. The molecule has 10 N–H and O–H groups in total. The topological polar surface area (TPSA) is 327 Å². The summed E-state index contributed by atoms with van der Waals surface area (Å²) in [6, 6.07) is 5.27. The maximum atomic E-state index is 13.2. The molecule has 1 aliphatic heterocycles. The summed E-state index contributed by atoms with van der Waals surface area (Å²) in [6.45, 7) is 3.32. The largest absolute Gasteiger partial charge is 0.490 e. The van der Waals surface area contributed by atoms with Gasteiger partial charge in [-0.1, -0.05) is 5.16 Å². The van der Waals surface area contributed by atoms with Crippen LogP contribution in [-0.2, 0) is 45.2 Å². The van der Waals surface area contributed by atoms with Crippen LogP contribution in [-0.4, -0.2) is 109 Å². The van der Waals surface area contributed by atoms with Gasteiger partial charge in [0.2, 0.25) is 5.95 Å². The summed E-state index contributed by atoms with van der Waals surface area (Å²) in [7, 11) is -5.02. The van der Waals surface area contributed by atoms with Crippen LogP contribution in [0, 0.1) is 0 Å². The normalized spacial score (nSPS) is 16.1. The second kappa shape index (κ2) is 16.8. The van der Waals surface area contributed by atoms with Gasteiger partial charge in [0.25, 0.3) is 17.9 Å². The number of aromatic nitrogens is 3. The van der Waals surface area contributed by atoms with Gasteiger partial charge in [-0.3, -0.25) is 14.1 Å². The van der Waals surface area contributed by atoms with Crippen LogP contribution in [0.15, 0.2) is 41.0 Å². The highest BCUT2D eigenvalue weighted by Crippen LogP contribution is 2.33. The number of rotatable bonds is 15. The van der Waals surface area contributed by atoms with Gasteiger partial charge < -0.3 is 46.9 Å². The third-order valence-electron chi connectivity index (χ3n) is 6.85. The van der Waals surface area contributed by atoms with E-state index in [-0.39, 0.29) is 10.8 Å². The number of carboxylic acids is 2. The second-order valence-corrected chi connectivity index (χ2v) is 13.0. The zero-order chi connectivity index (χ0) is 39.9. The average molecular weight is 796 g/mol. The smallest absolute Gasteiger partial charge is 0.489 e. The van der Waals surface area contributed by atoms with Crippen molar-refractivity contribution in [2.75, 3.05) is 24.6 Å². The van der Waals surface area contributed by atoms with Crippen molar-refractivity contribution in [3.05, 3.63) is 41.5 Å². The Balaban J connectivity index is 0.000000980. The first-order chi connectivity index (χ1) is 24.5. The van der Waals surface area contributed by atoms with E-state index in [9.17, 15) is 41.1 Å². The third kappa shape index (κ3) is 11.2. The fourth-order valence-corrected chi connectivity index (χ4v) is 5.19. The molecule has 2 amide bonds. The lowest BCUT2D eigenvalue weighted by atomic mass is 9.84. The van der Waals surface area contributed by atoms with Crippen LogP contribution in [0.5, 0.6) is 5.75 Å². The molecular weight excluding hydrogens is 763 g/mol. The number of oxime groups is 1. The molecule has 1 aromatic carbocycles. The fourth-order valence-electron chi connectivity index (χ4n) is 4.19. The van der Waals surface area contributed by atoms with Gasteiger partial charge in [-0.05, 0) is 51.1 Å². The predicted molar refractivity (Wildman–Crippen MR) is 176 cm³/mol. The van der Waals surface area contributed by atoms with Crippen LogP contribution in [0.2, 0.25) is 0 Å². The number of imidazole rings is 1. The molecule has 26 heteroatoms. The number of nitrogen functional groups attached to an aromatic ring is 2. The number of amides is 2. The molecule has 1 aliphatic rings.